The van der Waals surface area contributed by atoms with E-state index >= 15 is 0 Å². The fourth-order valence-corrected chi connectivity index (χ4v) is 2.15. The standard InChI is InChI=1S/C13H20N4O3/c1-9(2)20-12-4-3-11(17(18)19)13(16-12)15-10-5-7-14-8-6-10/h3-4,9-10,14H,5-8H2,1-2H3,(H,15,16). The minimum atomic E-state index is -0.421. The summed E-state index contributed by atoms with van der Waals surface area (Å²) in [6.07, 6.45) is 1.83. The van der Waals surface area contributed by atoms with Gasteiger partial charge in [-0.15, -0.1) is 0 Å². The van der Waals surface area contributed by atoms with Crippen molar-refractivity contribution in [2.45, 2.75) is 38.8 Å². The zero-order valence-corrected chi connectivity index (χ0v) is 11.8. The summed E-state index contributed by atoms with van der Waals surface area (Å²) in [5.41, 5.74) is -0.0142. The molecule has 0 unspecified atom stereocenters. The predicted octanol–water partition coefficient (Wildman–Crippen LogP) is 1.94. The molecule has 0 aromatic carbocycles. The zero-order chi connectivity index (χ0) is 14.5. The van der Waals surface area contributed by atoms with Gasteiger partial charge < -0.3 is 15.4 Å². The maximum atomic E-state index is 11.1. The van der Waals surface area contributed by atoms with Crippen LogP contribution in [0.4, 0.5) is 11.5 Å². The second-order valence-electron chi connectivity index (χ2n) is 5.11. The number of hydrogen-bond acceptors (Lipinski definition) is 6. The summed E-state index contributed by atoms with van der Waals surface area (Å²) in [5, 5.41) is 17.5. The monoisotopic (exact) mass is 280 g/mol. The van der Waals surface area contributed by atoms with Crippen LogP contribution < -0.4 is 15.4 Å². The fraction of sp³-hybridized carbons (Fsp3) is 0.615. The molecular weight excluding hydrogens is 260 g/mol. The molecule has 1 fully saturated rings. The predicted molar refractivity (Wildman–Crippen MR) is 76.2 cm³/mol. The number of aromatic nitrogens is 1. The van der Waals surface area contributed by atoms with Crippen molar-refractivity contribution in [2.75, 3.05) is 18.4 Å². The average Bonchev–Trinajstić information content (AvgIpc) is 2.39. The van der Waals surface area contributed by atoms with E-state index in [0.29, 0.717) is 11.7 Å². The van der Waals surface area contributed by atoms with Gasteiger partial charge in [0.1, 0.15) is 0 Å². The molecule has 0 bridgehead atoms. The molecule has 20 heavy (non-hydrogen) atoms. The van der Waals surface area contributed by atoms with Gasteiger partial charge in [0, 0.05) is 18.2 Å². The minimum absolute atomic E-state index is 0.0142. The lowest BCUT2D eigenvalue weighted by molar-refractivity contribution is -0.384. The molecule has 0 aliphatic carbocycles. The third-order valence-electron chi connectivity index (χ3n) is 3.08. The molecule has 2 rings (SSSR count). The SMILES string of the molecule is CC(C)Oc1ccc([N+](=O)[O-])c(NC2CCNCC2)n1. The Hall–Kier alpha value is -1.89. The molecule has 1 aliphatic heterocycles. The Morgan fingerprint density at radius 3 is 2.75 bits per heavy atom. The van der Waals surface area contributed by atoms with Crippen molar-refractivity contribution in [2.24, 2.45) is 0 Å². The molecule has 0 spiro atoms. The molecule has 0 saturated carbocycles. The molecule has 0 amide bonds. The summed E-state index contributed by atoms with van der Waals surface area (Å²) in [7, 11) is 0. The van der Waals surface area contributed by atoms with Crippen LogP contribution in [0.3, 0.4) is 0 Å². The first-order valence-corrected chi connectivity index (χ1v) is 6.85. The largest absolute Gasteiger partial charge is 0.475 e. The summed E-state index contributed by atoms with van der Waals surface area (Å²) in [6.45, 7) is 5.60. The summed E-state index contributed by atoms with van der Waals surface area (Å²) in [4.78, 5) is 14.9. The fourth-order valence-electron chi connectivity index (χ4n) is 2.15. The van der Waals surface area contributed by atoms with E-state index in [0.717, 1.165) is 25.9 Å². The van der Waals surface area contributed by atoms with Crippen LogP contribution in [0.2, 0.25) is 0 Å². The Morgan fingerprint density at radius 1 is 1.45 bits per heavy atom. The average molecular weight is 280 g/mol. The number of pyridine rings is 1. The van der Waals surface area contributed by atoms with Gasteiger partial charge in [-0.25, -0.2) is 0 Å². The molecule has 1 aliphatic rings. The van der Waals surface area contributed by atoms with Crippen LogP contribution in [0.1, 0.15) is 26.7 Å². The lowest BCUT2D eigenvalue weighted by Crippen LogP contribution is -2.35. The van der Waals surface area contributed by atoms with Crippen molar-refractivity contribution in [1.29, 1.82) is 0 Å². The van der Waals surface area contributed by atoms with Gasteiger partial charge in [0.05, 0.1) is 11.0 Å². The molecule has 1 saturated heterocycles. The van der Waals surface area contributed by atoms with Gasteiger partial charge in [0.2, 0.25) is 11.7 Å². The topological polar surface area (TPSA) is 89.3 Å². The van der Waals surface area contributed by atoms with E-state index in [9.17, 15) is 10.1 Å². The molecule has 2 N–H and O–H groups in total. The lowest BCUT2D eigenvalue weighted by Gasteiger charge is -2.24. The van der Waals surface area contributed by atoms with Crippen LogP contribution in [0.25, 0.3) is 0 Å². The Labute approximate surface area is 117 Å². The van der Waals surface area contributed by atoms with E-state index in [2.05, 4.69) is 15.6 Å². The first-order chi connectivity index (χ1) is 9.56. The molecule has 0 radical (unpaired) electrons. The smallest absolute Gasteiger partial charge is 0.311 e. The second-order valence-corrected chi connectivity index (χ2v) is 5.11. The number of nitrogens with zero attached hydrogens (tertiary/aromatic N) is 2. The number of ether oxygens (including phenoxy) is 1. The summed E-state index contributed by atoms with van der Waals surface area (Å²) < 4.78 is 5.49. The van der Waals surface area contributed by atoms with Gasteiger partial charge in [-0.3, -0.25) is 10.1 Å². The van der Waals surface area contributed by atoms with E-state index in [1.807, 2.05) is 13.8 Å². The van der Waals surface area contributed by atoms with Crippen LogP contribution in [0, 0.1) is 10.1 Å². The third kappa shape index (κ3) is 3.80. The number of piperidine rings is 1. The molecule has 0 atom stereocenters. The van der Waals surface area contributed by atoms with E-state index < -0.39 is 4.92 Å². The van der Waals surface area contributed by atoms with Crippen molar-refractivity contribution in [3.63, 3.8) is 0 Å². The van der Waals surface area contributed by atoms with Crippen LogP contribution >= 0.6 is 0 Å². The minimum Gasteiger partial charge on any atom is -0.475 e. The molecule has 7 nitrogen and oxygen atoms in total. The highest BCUT2D eigenvalue weighted by molar-refractivity contribution is 5.57. The first-order valence-electron chi connectivity index (χ1n) is 6.85. The summed E-state index contributed by atoms with van der Waals surface area (Å²) >= 11 is 0. The van der Waals surface area contributed by atoms with E-state index in [1.54, 1.807) is 0 Å². The van der Waals surface area contributed by atoms with E-state index in [1.165, 1.54) is 12.1 Å². The first kappa shape index (κ1) is 14.5. The number of nitro groups is 1. The summed E-state index contributed by atoms with van der Waals surface area (Å²) in [5.74, 6) is 0.696. The quantitative estimate of drug-likeness (QED) is 0.633. The molecular formula is C13H20N4O3. The molecule has 2 heterocycles. The van der Waals surface area contributed by atoms with E-state index in [-0.39, 0.29) is 17.8 Å². The van der Waals surface area contributed by atoms with Gasteiger partial charge in [0.15, 0.2) is 0 Å². The number of nitrogens with one attached hydrogen (secondary N) is 2. The van der Waals surface area contributed by atoms with Crippen LogP contribution in [-0.2, 0) is 0 Å². The third-order valence-corrected chi connectivity index (χ3v) is 3.08. The van der Waals surface area contributed by atoms with Gasteiger partial charge in [-0.05, 0) is 39.8 Å². The summed E-state index contributed by atoms with van der Waals surface area (Å²) in [6, 6.07) is 3.18. The van der Waals surface area contributed by atoms with Crippen LogP contribution in [0.15, 0.2) is 12.1 Å². The van der Waals surface area contributed by atoms with Crippen molar-refractivity contribution in [3.8, 4) is 5.88 Å². The molecule has 1 aromatic rings. The van der Waals surface area contributed by atoms with Gasteiger partial charge in [0.25, 0.3) is 0 Å². The van der Waals surface area contributed by atoms with Crippen LogP contribution in [0.5, 0.6) is 5.88 Å². The molecule has 1 aromatic heterocycles. The van der Waals surface area contributed by atoms with E-state index in [4.69, 9.17) is 4.74 Å². The number of rotatable bonds is 5. The van der Waals surface area contributed by atoms with Crippen molar-refractivity contribution < 1.29 is 9.66 Å². The number of hydrogen-bond donors (Lipinski definition) is 2. The highest BCUT2D eigenvalue weighted by Gasteiger charge is 2.21. The second kappa shape index (κ2) is 6.51. The highest BCUT2D eigenvalue weighted by atomic mass is 16.6. The van der Waals surface area contributed by atoms with Gasteiger partial charge >= 0.3 is 5.69 Å². The van der Waals surface area contributed by atoms with Crippen molar-refractivity contribution >= 4 is 11.5 Å². The van der Waals surface area contributed by atoms with Crippen molar-refractivity contribution in [3.05, 3.63) is 22.2 Å². The molecule has 7 heteroatoms. The Morgan fingerprint density at radius 2 is 2.15 bits per heavy atom. The normalized spacial score (nSPS) is 16.1. The van der Waals surface area contributed by atoms with Crippen molar-refractivity contribution in [1.82, 2.24) is 10.3 Å². The lowest BCUT2D eigenvalue weighted by atomic mass is 10.1. The maximum absolute atomic E-state index is 11.1. The maximum Gasteiger partial charge on any atom is 0.311 e. The van der Waals surface area contributed by atoms with Crippen LogP contribution in [-0.4, -0.2) is 35.1 Å². The Bertz CT molecular complexity index is 473. The van der Waals surface area contributed by atoms with Gasteiger partial charge in [-0.1, -0.05) is 0 Å². The van der Waals surface area contributed by atoms with Gasteiger partial charge in [-0.2, -0.15) is 4.98 Å². The highest BCUT2D eigenvalue weighted by Crippen LogP contribution is 2.27. The Balaban J connectivity index is 2.19. The zero-order valence-electron chi connectivity index (χ0n) is 11.8. The number of anilines is 1. The molecule has 110 valence electrons. The Kier molecular flexibility index (Phi) is 4.73.